The number of carbonyl (C=O) groups excluding carboxylic acids is 6. The summed E-state index contributed by atoms with van der Waals surface area (Å²) in [6.07, 6.45) is -1.72. The molecule has 1 saturated heterocycles. The Morgan fingerprint density at radius 3 is 2.20 bits per heavy atom. The lowest BCUT2D eigenvalue weighted by molar-refractivity contribution is -0.156. The third kappa shape index (κ3) is 16.2. The standard InChI is InChI=1S/C52H69N7O12/c1-32(2)26-40(57(10)50(67)70-52(7,8)9)48(64)59-25-24-58(49(65)66)30-41(59)46(62)54-36(28-34-16-12-11-13-17-34)31-68-42-21-20-35-18-14-15-19-38(35)44(42)47(63)55-39(29-43(60)69-51(4,5)6)45(61)53-23-22-37-27-33(3)56-71-37/h11-21,27,32,36,39-41H,22-26,28-31H2,1-10H3,(H,53,61)(H,54,62)(H,55,63)(H,65,66)/t36?,39?,40?,41-/m1/s1. The number of nitrogens with one attached hydrogen (secondary N) is 3. The number of aryl methyl sites for hydroxylation is 1. The molecule has 5 rings (SSSR count). The van der Waals surface area contributed by atoms with Crippen molar-refractivity contribution < 1.29 is 57.4 Å². The molecule has 4 aromatic rings. The summed E-state index contributed by atoms with van der Waals surface area (Å²) in [4.78, 5) is 100. The third-order valence-electron chi connectivity index (χ3n) is 11.4. The number of hydrogen-bond donors (Lipinski definition) is 4. The summed E-state index contributed by atoms with van der Waals surface area (Å²) in [5.74, 6) is -2.70. The van der Waals surface area contributed by atoms with Gasteiger partial charge in [-0.25, -0.2) is 9.59 Å². The molecule has 3 aromatic carbocycles. The molecule has 19 heteroatoms. The quantitative estimate of drug-likeness (QED) is 0.0802. The zero-order valence-corrected chi connectivity index (χ0v) is 42.4. The van der Waals surface area contributed by atoms with Crippen molar-refractivity contribution in [1.82, 2.24) is 35.8 Å². The highest BCUT2D eigenvalue weighted by Gasteiger charge is 2.42. The van der Waals surface area contributed by atoms with E-state index < -0.39 is 83.6 Å². The summed E-state index contributed by atoms with van der Waals surface area (Å²) in [5.41, 5.74) is -0.177. The second-order valence-electron chi connectivity index (χ2n) is 20.2. The maximum absolute atomic E-state index is 14.7. The Labute approximate surface area is 414 Å². The van der Waals surface area contributed by atoms with E-state index in [0.717, 1.165) is 10.5 Å². The fourth-order valence-electron chi connectivity index (χ4n) is 8.07. The maximum atomic E-state index is 14.7. The van der Waals surface area contributed by atoms with Crippen molar-refractivity contribution in [2.75, 3.05) is 39.8 Å². The highest BCUT2D eigenvalue weighted by molar-refractivity contribution is 6.10. The van der Waals surface area contributed by atoms with E-state index in [1.165, 1.54) is 16.8 Å². The van der Waals surface area contributed by atoms with Crippen molar-refractivity contribution in [2.24, 2.45) is 5.92 Å². The van der Waals surface area contributed by atoms with Gasteiger partial charge in [-0.15, -0.1) is 0 Å². The van der Waals surface area contributed by atoms with Gasteiger partial charge in [-0.05, 0) is 89.6 Å². The van der Waals surface area contributed by atoms with Crippen molar-refractivity contribution in [3.63, 3.8) is 0 Å². The fraction of sp³-hybridized carbons (Fsp3) is 0.500. The second kappa shape index (κ2) is 24.1. The Morgan fingerprint density at radius 1 is 0.887 bits per heavy atom. The third-order valence-corrected chi connectivity index (χ3v) is 11.4. The van der Waals surface area contributed by atoms with Crippen molar-refractivity contribution in [2.45, 2.75) is 123 Å². The van der Waals surface area contributed by atoms with Crippen LogP contribution >= 0.6 is 0 Å². The predicted octanol–water partition coefficient (Wildman–Crippen LogP) is 5.90. The van der Waals surface area contributed by atoms with Crippen molar-refractivity contribution >= 4 is 52.6 Å². The molecule has 71 heavy (non-hydrogen) atoms. The normalized spacial score (nSPS) is 15.3. The van der Waals surface area contributed by atoms with Crippen LogP contribution in [-0.4, -0.2) is 142 Å². The first-order chi connectivity index (χ1) is 33.4. The lowest BCUT2D eigenvalue weighted by Crippen LogP contribution is -2.65. The molecule has 6 amide bonds. The molecular formula is C52H69N7O12. The number of nitrogens with zero attached hydrogens (tertiary/aromatic N) is 4. The Bertz CT molecular complexity index is 2510. The van der Waals surface area contributed by atoms with Gasteiger partial charge in [0.2, 0.25) is 17.7 Å². The van der Waals surface area contributed by atoms with Crippen LogP contribution in [-0.2, 0) is 41.5 Å². The number of likely N-dealkylation sites (N-methyl/N-ethyl adjacent to an activating group) is 1. The second-order valence-corrected chi connectivity index (χ2v) is 20.2. The van der Waals surface area contributed by atoms with E-state index in [2.05, 4.69) is 21.1 Å². The molecular weight excluding hydrogens is 915 g/mol. The first-order valence-electron chi connectivity index (χ1n) is 23.8. The number of ether oxygens (including phenoxy) is 3. The first-order valence-corrected chi connectivity index (χ1v) is 23.8. The van der Waals surface area contributed by atoms with Gasteiger partial charge in [0.25, 0.3) is 5.91 Å². The number of esters is 1. The number of carbonyl (C=O) groups is 7. The Hall–Kier alpha value is -7.18. The minimum atomic E-state index is -1.37. The van der Waals surface area contributed by atoms with Gasteiger partial charge in [0.15, 0.2) is 0 Å². The van der Waals surface area contributed by atoms with Gasteiger partial charge < -0.3 is 49.6 Å². The van der Waals surface area contributed by atoms with Gasteiger partial charge in [-0.1, -0.05) is 79.7 Å². The average Bonchev–Trinajstić information content (AvgIpc) is 3.71. The zero-order valence-electron chi connectivity index (χ0n) is 42.4. The highest BCUT2D eigenvalue weighted by Crippen LogP contribution is 2.29. The largest absolute Gasteiger partial charge is 0.491 e. The maximum Gasteiger partial charge on any atom is 0.410 e. The van der Waals surface area contributed by atoms with Crippen LogP contribution in [0.3, 0.4) is 0 Å². The molecule has 1 fully saturated rings. The van der Waals surface area contributed by atoms with Crippen LogP contribution < -0.4 is 20.7 Å². The molecule has 0 saturated carbocycles. The van der Waals surface area contributed by atoms with E-state index >= 15 is 0 Å². The molecule has 0 spiro atoms. The number of carboxylic acid groups (broad SMARTS) is 1. The number of amides is 6. The average molecular weight is 984 g/mol. The summed E-state index contributed by atoms with van der Waals surface area (Å²) >= 11 is 0. The van der Waals surface area contributed by atoms with Crippen LogP contribution in [0, 0.1) is 12.8 Å². The summed E-state index contributed by atoms with van der Waals surface area (Å²) in [6.45, 7) is 15.2. The van der Waals surface area contributed by atoms with Gasteiger partial charge >= 0.3 is 18.2 Å². The molecule has 0 bridgehead atoms. The molecule has 4 N–H and O–H groups in total. The van der Waals surface area contributed by atoms with Gasteiger partial charge in [0.1, 0.15) is 47.4 Å². The van der Waals surface area contributed by atoms with E-state index in [0.29, 0.717) is 28.6 Å². The molecule has 3 unspecified atom stereocenters. The van der Waals surface area contributed by atoms with Crippen LogP contribution in [0.1, 0.15) is 95.6 Å². The van der Waals surface area contributed by atoms with Crippen LogP contribution in [0.25, 0.3) is 10.8 Å². The topological polar surface area (TPSA) is 239 Å². The molecule has 384 valence electrons. The molecule has 4 atom stereocenters. The number of hydrogen-bond acceptors (Lipinski definition) is 12. The van der Waals surface area contributed by atoms with Crippen molar-refractivity contribution in [1.29, 1.82) is 0 Å². The molecule has 19 nitrogen and oxygen atoms in total. The molecule has 2 heterocycles. The highest BCUT2D eigenvalue weighted by atomic mass is 16.6. The molecule has 0 aliphatic carbocycles. The van der Waals surface area contributed by atoms with E-state index in [1.54, 1.807) is 90.9 Å². The van der Waals surface area contributed by atoms with Crippen LogP contribution in [0.15, 0.2) is 77.3 Å². The van der Waals surface area contributed by atoms with Crippen molar-refractivity contribution in [3.05, 3.63) is 95.4 Å². The smallest absolute Gasteiger partial charge is 0.410 e. The van der Waals surface area contributed by atoms with Gasteiger partial charge in [-0.2, -0.15) is 0 Å². The van der Waals surface area contributed by atoms with Crippen LogP contribution in [0.2, 0.25) is 0 Å². The number of piperazine rings is 1. The van der Waals surface area contributed by atoms with Crippen LogP contribution in [0.4, 0.5) is 9.59 Å². The van der Waals surface area contributed by atoms with Crippen LogP contribution in [0.5, 0.6) is 5.75 Å². The number of benzene rings is 3. The Kier molecular flexibility index (Phi) is 18.6. The minimum Gasteiger partial charge on any atom is -0.491 e. The summed E-state index contributed by atoms with van der Waals surface area (Å²) < 4.78 is 22.9. The van der Waals surface area contributed by atoms with E-state index in [4.69, 9.17) is 18.7 Å². The summed E-state index contributed by atoms with van der Waals surface area (Å²) in [5, 5.41) is 23.6. The number of aromatic nitrogens is 1. The van der Waals surface area contributed by atoms with E-state index in [9.17, 15) is 38.7 Å². The monoisotopic (exact) mass is 984 g/mol. The van der Waals surface area contributed by atoms with Crippen molar-refractivity contribution in [3.8, 4) is 5.75 Å². The van der Waals surface area contributed by atoms with Gasteiger partial charge in [0, 0.05) is 39.2 Å². The molecule has 1 aliphatic rings. The lowest BCUT2D eigenvalue weighted by atomic mass is 9.99. The molecule has 1 aliphatic heterocycles. The van der Waals surface area contributed by atoms with Gasteiger partial charge in [0.05, 0.1) is 30.3 Å². The first kappa shape index (κ1) is 54.8. The summed E-state index contributed by atoms with van der Waals surface area (Å²) in [7, 11) is 1.47. The van der Waals surface area contributed by atoms with E-state index in [1.807, 2.05) is 44.2 Å². The predicted molar refractivity (Wildman–Crippen MR) is 264 cm³/mol. The number of rotatable bonds is 19. The summed E-state index contributed by atoms with van der Waals surface area (Å²) in [6, 6.07) is 16.9. The molecule has 0 radical (unpaired) electrons. The zero-order chi connectivity index (χ0) is 52.2. The Balaban J connectivity index is 1.45. The Morgan fingerprint density at radius 2 is 1.56 bits per heavy atom. The van der Waals surface area contributed by atoms with Gasteiger partial charge in [-0.3, -0.25) is 28.9 Å². The SMILES string of the molecule is Cc1cc(CCNC(=O)C(CC(=O)OC(C)(C)C)NC(=O)c2c(OCC(Cc3ccccc3)NC(=O)[C@H]3CN(C(=O)O)CCN3C(=O)C(CC(C)C)N(C)C(=O)OC(C)(C)C)ccc3ccccc23)on1. The fourth-order valence-corrected chi connectivity index (χ4v) is 8.07. The molecule has 1 aromatic heterocycles. The van der Waals surface area contributed by atoms with E-state index in [-0.39, 0.29) is 62.9 Å². The number of fused-ring (bicyclic) bond motifs is 1. The lowest BCUT2D eigenvalue weighted by Gasteiger charge is -2.42. The minimum absolute atomic E-state index is 0.0517.